The second-order valence-corrected chi connectivity index (χ2v) is 8.45. The number of hydroxylamine groups is 2. The van der Waals surface area contributed by atoms with Crippen molar-refractivity contribution in [2.45, 2.75) is 51.9 Å². The quantitative estimate of drug-likeness (QED) is 0.235. The van der Waals surface area contributed by atoms with Crippen LogP contribution in [0.4, 0.5) is 4.39 Å². The Balaban J connectivity index is 0.000000798. The largest absolute Gasteiger partial charge is 0.473 e. The number of aliphatic carboxylic acids is 2. The Hall–Kier alpha value is -4.18. The summed E-state index contributed by atoms with van der Waals surface area (Å²) in [5, 5.41) is 23.5. The number of methoxy groups -OCH3 is 1. The number of carbonyl (C=O) groups is 4. The molecule has 3 rings (SSSR count). The number of carboxylic acid groups (broad SMARTS) is 2. The molecule has 0 spiro atoms. The van der Waals surface area contributed by atoms with Crippen molar-refractivity contribution in [1.29, 1.82) is 0 Å². The molecule has 16 heteroatoms. The van der Waals surface area contributed by atoms with Gasteiger partial charge in [0.05, 0.1) is 13.7 Å². The van der Waals surface area contributed by atoms with E-state index in [0.717, 1.165) is 5.06 Å². The van der Waals surface area contributed by atoms with Crippen LogP contribution in [0.2, 0.25) is 0 Å². The van der Waals surface area contributed by atoms with E-state index in [-0.39, 0.29) is 30.7 Å². The summed E-state index contributed by atoms with van der Waals surface area (Å²) in [5.41, 5.74) is -1.33. The predicted molar refractivity (Wildman–Crippen MR) is 129 cm³/mol. The molecule has 214 valence electrons. The monoisotopic (exact) mass is 554 g/mol. The first-order valence-electron chi connectivity index (χ1n) is 11.9. The number of amides is 1. The number of nitrogens with zero attached hydrogens (tertiary/aromatic N) is 6. The Morgan fingerprint density at radius 3 is 2.13 bits per heavy atom. The van der Waals surface area contributed by atoms with Gasteiger partial charge in [-0.1, -0.05) is 18.2 Å². The molecule has 0 radical (unpaired) electrons. The molecule has 0 bridgehead atoms. The topological polar surface area (TPSA) is 186 Å². The Labute approximate surface area is 222 Å². The van der Waals surface area contributed by atoms with Gasteiger partial charge in [0, 0.05) is 38.7 Å². The summed E-state index contributed by atoms with van der Waals surface area (Å²) in [5.74, 6) is -5.18. The number of piperidine rings is 1. The van der Waals surface area contributed by atoms with Crippen LogP contribution >= 0.6 is 0 Å². The van der Waals surface area contributed by atoms with Gasteiger partial charge in [-0.05, 0) is 36.3 Å². The standard InChI is InChI=1S/C21H29FN6O5.C2H2O4/c1-4-26-20(31)27(24-23-26)14-13-25-11-9-21(10-12-25,19(30)32-3)28(16(2)29)33-15-17-7-5-6-8-18(17)22;3-1(4)2(5)6/h5-8H,4,9-15H2,1-3H3;(H,3,4)(H,5,6). The highest BCUT2D eigenvalue weighted by Crippen LogP contribution is 2.32. The van der Waals surface area contributed by atoms with E-state index >= 15 is 0 Å². The van der Waals surface area contributed by atoms with Crippen LogP contribution < -0.4 is 5.69 Å². The Bertz CT molecular complexity index is 1210. The lowest BCUT2D eigenvalue weighted by Crippen LogP contribution is -2.61. The highest BCUT2D eigenvalue weighted by Gasteiger charge is 2.50. The lowest BCUT2D eigenvalue weighted by Gasteiger charge is -2.44. The van der Waals surface area contributed by atoms with E-state index in [1.165, 1.54) is 29.5 Å². The van der Waals surface area contributed by atoms with Crippen LogP contribution in [0, 0.1) is 5.82 Å². The molecule has 1 aromatic carbocycles. The minimum Gasteiger partial charge on any atom is -0.473 e. The molecule has 2 heterocycles. The van der Waals surface area contributed by atoms with Crippen molar-refractivity contribution in [3.05, 3.63) is 46.1 Å². The van der Waals surface area contributed by atoms with Gasteiger partial charge < -0.3 is 19.8 Å². The van der Waals surface area contributed by atoms with Crippen LogP contribution in [0.15, 0.2) is 29.1 Å². The second kappa shape index (κ2) is 14.1. The molecular weight excluding hydrogens is 523 g/mol. The fraction of sp³-hybridized carbons (Fsp3) is 0.522. The first-order chi connectivity index (χ1) is 18.5. The van der Waals surface area contributed by atoms with Crippen LogP contribution in [0.5, 0.6) is 0 Å². The molecule has 2 aromatic rings. The SMILES string of the molecule is CCn1nnn(CCN2CCC(C(=O)OC)(N(OCc3ccccc3F)C(C)=O)CC2)c1=O.O=C(O)C(=O)O. The number of aryl methyl sites for hydroxylation is 1. The first-order valence-corrected chi connectivity index (χ1v) is 11.9. The maximum atomic E-state index is 14.0. The van der Waals surface area contributed by atoms with Crippen LogP contribution in [0.1, 0.15) is 32.3 Å². The van der Waals surface area contributed by atoms with Gasteiger partial charge in [-0.25, -0.2) is 28.6 Å². The van der Waals surface area contributed by atoms with Crippen molar-refractivity contribution in [2.24, 2.45) is 0 Å². The zero-order valence-electron chi connectivity index (χ0n) is 21.8. The van der Waals surface area contributed by atoms with E-state index in [0.29, 0.717) is 32.7 Å². The average molecular weight is 555 g/mol. The number of esters is 1. The third-order valence-corrected chi connectivity index (χ3v) is 6.04. The van der Waals surface area contributed by atoms with Crippen LogP contribution in [0.3, 0.4) is 0 Å². The van der Waals surface area contributed by atoms with Gasteiger partial charge >= 0.3 is 23.6 Å². The van der Waals surface area contributed by atoms with Gasteiger partial charge in [0.15, 0.2) is 5.54 Å². The summed E-state index contributed by atoms with van der Waals surface area (Å²) >= 11 is 0. The van der Waals surface area contributed by atoms with Gasteiger partial charge in [-0.3, -0.25) is 9.63 Å². The molecule has 1 aliphatic rings. The third-order valence-electron chi connectivity index (χ3n) is 6.04. The normalized spacial score (nSPS) is 14.6. The van der Waals surface area contributed by atoms with E-state index in [2.05, 4.69) is 15.3 Å². The summed E-state index contributed by atoms with van der Waals surface area (Å²) in [6.45, 7) is 5.13. The van der Waals surface area contributed by atoms with Crippen molar-refractivity contribution < 1.29 is 43.4 Å². The highest BCUT2D eigenvalue weighted by molar-refractivity contribution is 6.27. The number of rotatable bonds is 9. The molecular formula is C23H31FN6O9. The number of aromatic nitrogens is 4. The number of carboxylic acids is 2. The average Bonchev–Trinajstić information content (AvgIpc) is 3.27. The number of ether oxygens (including phenoxy) is 1. The Kier molecular flexibility index (Phi) is 11.2. The Morgan fingerprint density at radius 2 is 1.64 bits per heavy atom. The van der Waals surface area contributed by atoms with Crippen molar-refractivity contribution in [2.75, 3.05) is 26.7 Å². The summed E-state index contributed by atoms with van der Waals surface area (Å²) in [6.07, 6.45) is 0.514. The minimum atomic E-state index is -1.82. The van der Waals surface area contributed by atoms with E-state index in [9.17, 15) is 18.8 Å². The molecule has 0 unspecified atom stereocenters. The predicted octanol–water partition coefficient (Wildman–Crippen LogP) is -0.258. The Morgan fingerprint density at radius 1 is 1.05 bits per heavy atom. The molecule has 1 aliphatic heterocycles. The molecule has 0 atom stereocenters. The van der Waals surface area contributed by atoms with Gasteiger partial charge in [0.25, 0.3) is 0 Å². The number of tetrazole rings is 1. The lowest BCUT2D eigenvalue weighted by atomic mass is 9.86. The van der Waals surface area contributed by atoms with Crippen LogP contribution in [-0.2, 0) is 48.4 Å². The molecule has 0 saturated carbocycles. The molecule has 1 aromatic heterocycles. The first kappa shape index (κ1) is 31.0. The van der Waals surface area contributed by atoms with E-state index in [1.807, 2.05) is 6.92 Å². The lowest BCUT2D eigenvalue weighted by molar-refractivity contribution is -0.240. The number of halogens is 1. The fourth-order valence-corrected chi connectivity index (χ4v) is 3.97. The minimum absolute atomic E-state index is 0.204. The summed E-state index contributed by atoms with van der Waals surface area (Å²) < 4.78 is 21.6. The van der Waals surface area contributed by atoms with Crippen molar-refractivity contribution in [3.8, 4) is 0 Å². The summed E-state index contributed by atoms with van der Waals surface area (Å²) in [7, 11) is 1.26. The number of likely N-dealkylation sites (tertiary alicyclic amines) is 1. The van der Waals surface area contributed by atoms with E-state index < -0.39 is 35.2 Å². The van der Waals surface area contributed by atoms with Gasteiger partial charge in [-0.2, -0.15) is 9.36 Å². The number of carbonyl (C=O) groups excluding carboxylic acids is 2. The van der Waals surface area contributed by atoms with Gasteiger partial charge in [0.1, 0.15) is 12.4 Å². The van der Waals surface area contributed by atoms with Crippen LogP contribution in [0.25, 0.3) is 0 Å². The number of hydrogen-bond acceptors (Lipinski definition) is 10. The zero-order chi connectivity index (χ0) is 29.2. The molecule has 15 nitrogen and oxygen atoms in total. The van der Waals surface area contributed by atoms with Crippen molar-refractivity contribution in [3.63, 3.8) is 0 Å². The third kappa shape index (κ3) is 7.90. The summed E-state index contributed by atoms with van der Waals surface area (Å²) in [4.78, 5) is 63.4. The van der Waals surface area contributed by atoms with Gasteiger partial charge in [-0.15, -0.1) is 0 Å². The van der Waals surface area contributed by atoms with Crippen molar-refractivity contribution >= 4 is 23.8 Å². The smallest absolute Gasteiger partial charge is 0.414 e. The number of benzene rings is 1. The summed E-state index contributed by atoms with van der Waals surface area (Å²) in [6, 6.07) is 6.08. The molecule has 0 aliphatic carbocycles. The van der Waals surface area contributed by atoms with Crippen molar-refractivity contribution in [1.82, 2.24) is 29.8 Å². The van der Waals surface area contributed by atoms with E-state index in [4.69, 9.17) is 29.4 Å². The molecule has 1 saturated heterocycles. The molecule has 1 fully saturated rings. The second-order valence-electron chi connectivity index (χ2n) is 8.45. The number of hydrogen-bond donors (Lipinski definition) is 2. The highest BCUT2D eigenvalue weighted by atomic mass is 19.1. The van der Waals surface area contributed by atoms with Gasteiger partial charge in [0.2, 0.25) is 5.91 Å². The molecule has 39 heavy (non-hydrogen) atoms. The van der Waals surface area contributed by atoms with Crippen LogP contribution in [-0.4, -0.2) is 96.1 Å². The maximum absolute atomic E-state index is 14.0. The molecule has 1 amide bonds. The maximum Gasteiger partial charge on any atom is 0.414 e. The van der Waals surface area contributed by atoms with E-state index in [1.54, 1.807) is 18.2 Å². The molecule has 2 N–H and O–H groups in total. The zero-order valence-corrected chi connectivity index (χ0v) is 21.8. The fourth-order valence-electron chi connectivity index (χ4n) is 3.97.